The van der Waals surface area contributed by atoms with Gasteiger partial charge in [-0.15, -0.1) is 0 Å². The highest BCUT2D eigenvalue weighted by molar-refractivity contribution is 5.88. The first-order valence-electron chi connectivity index (χ1n) is 5.41. The lowest BCUT2D eigenvalue weighted by atomic mass is 10.3. The second-order valence-electron chi connectivity index (χ2n) is 3.54. The Kier molecular flexibility index (Phi) is 3.90. The standard InChI is InChI=1S/C12H12FN3O2/c13-9-2-1-3-10(8-9)18-7-4-11(17)16-12-14-5-6-15-12/h1-3,5-6,8H,4,7H2,(H2,14,15,16,17). The summed E-state index contributed by atoms with van der Waals surface area (Å²) in [7, 11) is 0. The van der Waals surface area contributed by atoms with Crippen LogP contribution in [0.1, 0.15) is 6.42 Å². The molecule has 0 aliphatic heterocycles. The summed E-state index contributed by atoms with van der Waals surface area (Å²) in [5, 5.41) is 2.56. The minimum Gasteiger partial charge on any atom is -0.493 e. The highest BCUT2D eigenvalue weighted by Gasteiger charge is 2.04. The summed E-state index contributed by atoms with van der Waals surface area (Å²) in [5.74, 6) is 0.209. The molecule has 1 aromatic heterocycles. The van der Waals surface area contributed by atoms with Crippen molar-refractivity contribution in [2.45, 2.75) is 6.42 Å². The lowest BCUT2D eigenvalue weighted by molar-refractivity contribution is -0.116. The van der Waals surface area contributed by atoms with Gasteiger partial charge in [-0.25, -0.2) is 9.37 Å². The Bertz CT molecular complexity index is 514. The Balaban J connectivity index is 1.73. The van der Waals surface area contributed by atoms with Crippen LogP contribution in [0.4, 0.5) is 10.3 Å². The zero-order valence-electron chi connectivity index (χ0n) is 9.52. The Morgan fingerprint density at radius 2 is 2.39 bits per heavy atom. The number of imidazole rings is 1. The average Bonchev–Trinajstić information content (AvgIpc) is 2.82. The lowest BCUT2D eigenvalue weighted by Gasteiger charge is -2.05. The van der Waals surface area contributed by atoms with Gasteiger partial charge in [0.15, 0.2) is 0 Å². The SMILES string of the molecule is O=C(CCOc1cccc(F)c1)Nc1ncc[nH]1. The van der Waals surface area contributed by atoms with Gasteiger partial charge in [-0.05, 0) is 12.1 Å². The minimum absolute atomic E-state index is 0.164. The van der Waals surface area contributed by atoms with Gasteiger partial charge in [-0.2, -0.15) is 0 Å². The molecule has 94 valence electrons. The molecule has 2 aromatic rings. The molecule has 2 rings (SSSR count). The number of nitrogens with one attached hydrogen (secondary N) is 2. The molecule has 1 aromatic carbocycles. The van der Waals surface area contributed by atoms with Crippen molar-refractivity contribution >= 4 is 11.9 Å². The van der Waals surface area contributed by atoms with E-state index in [1.807, 2.05) is 0 Å². The number of aromatic amines is 1. The summed E-state index contributed by atoms with van der Waals surface area (Å²) in [6, 6.07) is 5.78. The van der Waals surface area contributed by atoms with Crippen molar-refractivity contribution < 1.29 is 13.9 Å². The van der Waals surface area contributed by atoms with E-state index in [4.69, 9.17) is 4.74 Å². The molecule has 5 nitrogen and oxygen atoms in total. The maximum absolute atomic E-state index is 12.8. The van der Waals surface area contributed by atoms with Crippen LogP contribution < -0.4 is 10.1 Å². The van der Waals surface area contributed by atoms with Crippen molar-refractivity contribution in [1.29, 1.82) is 0 Å². The van der Waals surface area contributed by atoms with Crippen LogP contribution in [-0.4, -0.2) is 22.5 Å². The van der Waals surface area contributed by atoms with Gasteiger partial charge < -0.3 is 9.72 Å². The third-order valence-electron chi connectivity index (χ3n) is 2.15. The van der Waals surface area contributed by atoms with Gasteiger partial charge in [-0.1, -0.05) is 6.07 Å². The molecule has 1 amide bonds. The zero-order valence-corrected chi connectivity index (χ0v) is 9.52. The number of hydrogen-bond acceptors (Lipinski definition) is 3. The highest BCUT2D eigenvalue weighted by Crippen LogP contribution is 2.12. The number of anilines is 1. The summed E-state index contributed by atoms with van der Waals surface area (Å²) in [4.78, 5) is 18.0. The number of carbonyl (C=O) groups is 1. The van der Waals surface area contributed by atoms with Crippen LogP contribution in [-0.2, 0) is 4.79 Å². The highest BCUT2D eigenvalue weighted by atomic mass is 19.1. The van der Waals surface area contributed by atoms with Crippen LogP contribution in [0.2, 0.25) is 0 Å². The van der Waals surface area contributed by atoms with E-state index in [9.17, 15) is 9.18 Å². The fraction of sp³-hybridized carbons (Fsp3) is 0.167. The molecule has 0 spiro atoms. The fourth-order valence-electron chi connectivity index (χ4n) is 1.35. The maximum atomic E-state index is 12.8. The molecule has 6 heteroatoms. The second kappa shape index (κ2) is 5.81. The summed E-state index contributed by atoms with van der Waals surface area (Å²) in [5.41, 5.74) is 0. The van der Waals surface area contributed by atoms with Crippen molar-refractivity contribution in [3.63, 3.8) is 0 Å². The lowest BCUT2D eigenvalue weighted by Crippen LogP contribution is -2.16. The van der Waals surface area contributed by atoms with E-state index in [-0.39, 0.29) is 24.8 Å². The van der Waals surface area contributed by atoms with Gasteiger partial charge in [-0.3, -0.25) is 10.1 Å². The maximum Gasteiger partial charge on any atom is 0.230 e. The smallest absolute Gasteiger partial charge is 0.230 e. The molecule has 0 aliphatic rings. The van der Waals surface area contributed by atoms with E-state index in [0.717, 1.165) is 0 Å². The second-order valence-corrected chi connectivity index (χ2v) is 3.54. The molecule has 0 radical (unpaired) electrons. The van der Waals surface area contributed by atoms with Crippen molar-refractivity contribution in [2.24, 2.45) is 0 Å². The topological polar surface area (TPSA) is 67.0 Å². The van der Waals surface area contributed by atoms with E-state index < -0.39 is 0 Å². The van der Waals surface area contributed by atoms with Crippen LogP contribution >= 0.6 is 0 Å². The number of nitrogens with zero attached hydrogens (tertiary/aromatic N) is 1. The molecule has 0 fully saturated rings. The van der Waals surface area contributed by atoms with Crippen LogP contribution in [0.15, 0.2) is 36.7 Å². The van der Waals surface area contributed by atoms with Gasteiger partial charge in [0.05, 0.1) is 13.0 Å². The predicted octanol–water partition coefficient (Wildman–Crippen LogP) is 1.96. The number of aromatic nitrogens is 2. The van der Waals surface area contributed by atoms with Gasteiger partial charge in [0.25, 0.3) is 0 Å². The van der Waals surface area contributed by atoms with E-state index in [0.29, 0.717) is 11.7 Å². The summed E-state index contributed by atoms with van der Waals surface area (Å²) < 4.78 is 18.1. The summed E-state index contributed by atoms with van der Waals surface area (Å²) in [6.07, 6.45) is 3.31. The number of ether oxygens (including phenoxy) is 1. The number of H-pyrrole nitrogens is 1. The number of benzene rings is 1. The molecule has 2 N–H and O–H groups in total. The van der Waals surface area contributed by atoms with Crippen LogP contribution in [0.5, 0.6) is 5.75 Å². The van der Waals surface area contributed by atoms with E-state index >= 15 is 0 Å². The molecule has 18 heavy (non-hydrogen) atoms. The van der Waals surface area contributed by atoms with Crippen LogP contribution in [0, 0.1) is 5.82 Å². The van der Waals surface area contributed by atoms with Crippen molar-refractivity contribution in [3.8, 4) is 5.75 Å². The molecule has 0 aliphatic carbocycles. The third kappa shape index (κ3) is 3.58. The van der Waals surface area contributed by atoms with Gasteiger partial charge >= 0.3 is 0 Å². The Morgan fingerprint density at radius 1 is 1.50 bits per heavy atom. The molecule has 1 heterocycles. The summed E-state index contributed by atoms with van der Waals surface area (Å²) in [6.45, 7) is 0.177. The van der Waals surface area contributed by atoms with Crippen LogP contribution in [0.3, 0.4) is 0 Å². The third-order valence-corrected chi connectivity index (χ3v) is 2.15. The average molecular weight is 249 g/mol. The number of carbonyl (C=O) groups excluding carboxylic acids is 1. The summed E-state index contributed by atoms with van der Waals surface area (Å²) >= 11 is 0. The molecule has 0 saturated carbocycles. The van der Waals surface area contributed by atoms with Crippen molar-refractivity contribution in [2.75, 3.05) is 11.9 Å². The first-order chi connectivity index (χ1) is 8.74. The molecular weight excluding hydrogens is 237 g/mol. The number of halogens is 1. The normalized spacial score (nSPS) is 10.1. The largest absolute Gasteiger partial charge is 0.493 e. The van der Waals surface area contributed by atoms with E-state index in [1.54, 1.807) is 24.5 Å². The van der Waals surface area contributed by atoms with Crippen LogP contribution in [0.25, 0.3) is 0 Å². The van der Waals surface area contributed by atoms with E-state index in [2.05, 4.69) is 15.3 Å². The molecular formula is C12H12FN3O2. The Morgan fingerprint density at radius 3 is 3.11 bits per heavy atom. The van der Waals surface area contributed by atoms with Crippen molar-refractivity contribution in [3.05, 3.63) is 42.5 Å². The van der Waals surface area contributed by atoms with Gasteiger partial charge in [0.1, 0.15) is 11.6 Å². The molecule has 0 saturated heterocycles. The number of hydrogen-bond donors (Lipinski definition) is 2. The zero-order chi connectivity index (χ0) is 12.8. The first kappa shape index (κ1) is 12.1. The number of rotatable bonds is 5. The Hall–Kier alpha value is -2.37. The monoisotopic (exact) mass is 249 g/mol. The van der Waals surface area contributed by atoms with Crippen molar-refractivity contribution in [1.82, 2.24) is 9.97 Å². The minimum atomic E-state index is -0.368. The predicted molar refractivity (Wildman–Crippen MR) is 63.7 cm³/mol. The first-order valence-corrected chi connectivity index (χ1v) is 5.41. The molecule has 0 unspecified atom stereocenters. The van der Waals surface area contributed by atoms with Gasteiger partial charge in [0.2, 0.25) is 11.9 Å². The van der Waals surface area contributed by atoms with E-state index in [1.165, 1.54) is 12.1 Å². The Labute approximate surface area is 103 Å². The number of amides is 1. The molecule has 0 atom stereocenters. The van der Waals surface area contributed by atoms with Gasteiger partial charge in [0, 0.05) is 18.5 Å². The molecule has 0 bridgehead atoms. The fourth-order valence-corrected chi connectivity index (χ4v) is 1.35. The quantitative estimate of drug-likeness (QED) is 0.851.